The van der Waals surface area contributed by atoms with Crippen LogP contribution in [0.2, 0.25) is 5.02 Å². The molecule has 1 aromatic heterocycles. The molecule has 146 valence electrons. The molecule has 10 heteroatoms. The Morgan fingerprint density at radius 1 is 1.26 bits per heavy atom. The number of carbonyl (C=O) groups is 1. The fourth-order valence-electron chi connectivity index (χ4n) is 2.96. The van der Waals surface area contributed by atoms with E-state index in [0.717, 1.165) is 6.07 Å². The summed E-state index contributed by atoms with van der Waals surface area (Å²) >= 11 is 6.07. The number of nitrogens with zero attached hydrogens (tertiary/aromatic N) is 1. The Labute approximate surface area is 156 Å². The van der Waals surface area contributed by atoms with Crippen molar-refractivity contribution in [1.29, 1.82) is 0 Å². The molecule has 5 nitrogen and oxygen atoms in total. The number of hydrogen-bond donors (Lipinski definition) is 2. The predicted molar refractivity (Wildman–Crippen MR) is 87.6 cm³/mol. The summed E-state index contributed by atoms with van der Waals surface area (Å²) in [6, 6.07) is 2.03. The van der Waals surface area contributed by atoms with E-state index in [2.05, 4.69) is 10.5 Å². The highest BCUT2D eigenvalue weighted by molar-refractivity contribution is 6.35. The van der Waals surface area contributed by atoms with Crippen LogP contribution in [0, 0.1) is 5.82 Å². The number of aromatic nitrogens is 1. The number of carbonyl (C=O) groups excluding carboxylic acids is 1. The van der Waals surface area contributed by atoms with Gasteiger partial charge in [0.1, 0.15) is 10.8 Å². The van der Waals surface area contributed by atoms with Gasteiger partial charge in [0.2, 0.25) is 0 Å². The molecule has 0 radical (unpaired) electrons. The summed E-state index contributed by atoms with van der Waals surface area (Å²) in [6.07, 6.45) is -2.89. The number of amides is 1. The number of alkyl halides is 3. The van der Waals surface area contributed by atoms with Crippen molar-refractivity contribution in [3.63, 3.8) is 0 Å². The van der Waals surface area contributed by atoms with Crippen LogP contribution in [-0.2, 0) is 6.18 Å². The molecule has 1 fully saturated rings. The van der Waals surface area contributed by atoms with E-state index in [4.69, 9.17) is 16.1 Å². The summed E-state index contributed by atoms with van der Waals surface area (Å²) in [6.45, 7) is 0. The quantitative estimate of drug-likeness (QED) is 0.750. The van der Waals surface area contributed by atoms with Gasteiger partial charge in [-0.3, -0.25) is 4.79 Å². The number of aliphatic hydroxyl groups is 1. The first-order valence-electron chi connectivity index (χ1n) is 8.18. The molecule has 3 rings (SSSR count). The summed E-state index contributed by atoms with van der Waals surface area (Å²) in [5.41, 5.74) is -1.73. The van der Waals surface area contributed by atoms with Crippen molar-refractivity contribution in [3.05, 3.63) is 40.3 Å². The van der Waals surface area contributed by atoms with Crippen LogP contribution in [-0.4, -0.2) is 28.3 Å². The highest BCUT2D eigenvalue weighted by Crippen LogP contribution is 2.36. The Kier molecular flexibility index (Phi) is 5.43. The zero-order valence-electron chi connectivity index (χ0n) is 13.8. The Bertz CT molecular complexity index is 845. The fourth-order valence-corrected chi connectivity index (χ4v) is 3.22. The minimum absolute atomic E-state index is 0.0714. The smallest absolute Gasteiger partial charge is 0.393 e. The number of nitrogens with one attached hydrogen (secondary N) is 1. The molecule has 2 N–H and O–H groups in total. The van der Waals surface area contributed by atoms with E-state index >= 15 is 0 Å². The third-order valence-corrected chi connectivity index (χ3v) is 4.77. The van der Waals surface area contributed by atoms with Crippen LogP contribution in [0.3, 0.4) is 0 Å². The molecule has 0 bridgehead atoms. The van der Waals surface area contributed by atoms with Gasteiger partial charge in [0.15, 0.2) is 11.5 Å². The standard InChI is InChI=1S/C17H15ClF4N2O3/c18-13-14(16(26)23-9-2-4-10(25)5-3-9)24-27-15(13)8-1-6-11(12(19)7-8)17(20,21)22/h1,6-7,9-10,25H,2-5H2,(H,23,26). The van der Waals surface area contributed by atoms with Gasteiger partial charge in [0, 0.05) is 11.6 Å². The molecular weight excluding hydrogens is 392 g/mol. The SMILES string of the molecule is O=C(NC1CCC(O)CC1)c1noc(-c2ccc(C(F)(F)F)c(F)c2)c1Cl. The molecule has 1 amide bonds. The van der Waals surface area contributed by atoms with Crippen molar-refractivity contribution in [1.82, 2.24) is 10.5 Å². The zero-order valence-corrected chi connectivity index (χ0v) is 14.6. The van der Waals surface area contributed by atoms with Crippen LogP contribution < -0.4 is 5.32 Å². The lowest BCUT2D eigenvalue weighted by atomic mass is 9.93. The minimum Gasteiger partial charge on any atom is -0.393 e. The lowest BCUT2D eigenvalue weighted by molar-refractivity contribution is -0.139. The predicted octanol–water partition coefficient (Wildman–Crippen LogP) is 4.19. The average molecular weight is 407 g/mol. The van der Waals surface area contributed by atoms with E-state index in [9.17, 15) is 27.5 Å². The molecule has 0 spiro atoms. The van der Waals surface area contributed by atoms with Crippen LogP contribution in [0.4, 0.5) is 17.6 Å². The summed E-state index contributed by atoms with van der Waals surface area (Å²) in [4.78, 5) is 12.3. The third kappa shape index (κ3) is 4.24. The maximum atomic E-state index is 13.7. The molecule has 27 heavy (non-hydrogen) atoms. The second-order valence-electron chi connectivity index (χ2n) is 6.35. The van der Waals surface area contributed by atoms with E-state index in [1.54, 1.807) is 0 Å². The maximum Gasteiger partial charge on any atom is 0.419 e. The average Bonchev–Trinajstić information content (AvgIpc) is 2.97. The van der Waals surface area contributed by atoms with Crippen LogP contribution in [0.15, 0.2) is 22.7 Å². The minimum atomic E-state index is -4.83. The fraction of sp³-hybridized carbons (Fsp3) is 0.412. The van der Waals surface area contributed by atoms with Crippen molar-refractivity contribution in [2.24, 2.45) is 0 Å². The van der Waals surface area contributed by atoms with E-state index in [0.29, 0.717) is 37.8 Å². The van der Waals surface area contributed by atoms with Gasteiger partial charge >= 0.3 is 6.18 Å². The summed E-state index contributed by atoms with van der Waals surface area (Å²) in [5, 5.41) is 15.5. The Morgan fingerprint density at radius 2 is 1.93 bits per heavy atom. The lowest BCUT2D eigenvalue weighted by Gasteiger charge is -2.25. The normalized spacial score (nSPS) is 20.5. The van der Waals surface area contributed by atoms with Crippen molar-refractivity contribution in [2.45, 2.75) is 44.0 Å². The van der Waals surface area contributed by atoms with Gasteiger partial charge in [-0.25, -0.2) is 4.39 Å². The monoisotopic (exact) mass is 406 g/mol. The molecule has 0 atom stereocenters. The van der Waals surface area contributed by atoms with Crippen molar-refractivity contribution < 1.29 is 32.0 Å². The second-order valence-corrected chi connectivity index (χ2v) is 6.72. The van der Waals surface area contributed by atoms with Crippen molar-refractivity contribution in [3.8, 4) is 11.3 Å². The topological polar surface area (TPSA) is 75.4 Å². The van der Waals surface area contributed by atoms with Gasteiger partial charge < -0.3 is 14.9 Å². The van der Waals surface area contributed by atoms with Gasteiger partial charge in [-0.05, 0) is 37.8 Å². The Balaban J connectivity index is 1.79. The largest absolute Gasteiger partial charge is 0.419 e. The highest BCUT2D eigenvalue weighted by Gasteiger charge is 2.34. The molecule has 0 unspecified atom stereocenters. The Morgan fingerprint density at radius 3 is 2.52 bits per heavy atom. The molecule has 1 heterocycles. The molecular formula is C17H15ClF4N2O3. The van der Waals surface area contributed by atoms with Gasteiger partial charge in [0.25, 0.3) is 5.91 Å². The molecule has 1 aliphatic rings. The molecule has 1 aromatic carbocycles. The van der Waals surface area contributed by atoms with Crippen molar-refractivity contribution in [2.75, 3.05) is 0 Å². The first-order valence-corrected chi connectivity index (χ1v) is 8.56. The number of rotatable bonds is 3. The first kappa shape index (κ1) is 19.6. The lowest BCUT2D eigenvalue weighted by Crippen LogP contribution is -2.38. The molecule has 1 saturated carbocycles. The van der Waals surface area contributed by atoms with Crippen LogP contribution >= 0.6 is 11.6 Å². The highest BCUT2D eigenvalue weighted by atomic mass is 35.5. The van der Waals surface area contributed by atoms with Gasteiger partial charge in [-0.2, -0.15) is 13.2 Å². The zero-order chi connectivity index (χ0) is 19.8. The first-order chi connectivity index (χ1) is 12.7. The van der Waals surface area contributed by atoms with E-state index in [-0.39, 0.29) is 34.2 Å². The molecule has 0 saturated heterocycles. The van der Waals surface area contributed by atoms with Crippen LogP contribution in [0.25, 0.3) is 11.3 Å². The summed E-state index contributed by atoms with van der Waals surface area (Å²) in [7, 11) is 0. The number of aliphatic hydroxyl groups excluding tert-OH is 1. The summed E-state index contributed by atoms with van der Waals surface area (Å²) < 4.78 is 56.6. The maximum absolute atomic E-state index is 13.7. The number of hydrogen-bond acceptors (Lipinski definition) is 4. The third-order valence-electron chi connectivity index (χ3n) is 4.42. The van der Waals surface area contributed by atoms with Gasteiger partial charge in [-0.15, -0.1) is 0 Å². The van der Waals surface area contributed by atoms with E-state index in [1.165, 1.54) is 0 Å². The number of benzene rings is 1. The molecule has 1 aliphatic carbocycles. The van der Waals surface area contributed by atoms with Crippen LogP contribution in [0.1, 0.15) is 41.7 Å². The van der Waals surface area contributed by atoms with Gasteiger partial charge in [0.05, 0.1) is 11.7 Å². The Hall–Kier alpha value is -2.13. The van der Waals surface area contributed by atoms with Crippen molar-refractivity contribution >= 4 is 17.5 Å². The molecule has 2 aromatic rings. The van der Waals surface area contributed by atoms with Crippen LogP contribution in [0.5, 0.6) is 0 Å². The number of halogens is 5. The van der Waals surface area contributed by atoms with E-state index < -0.39 is 23.5 Å². The van der Waals surface area contributed by atoms with E-state index in [1.807, 2.05) is 0 Å². The van der Waals surface area contributed by atoms with Gasteiger partial charge in [-0.1, -0.05) is 22.8 Å². The molecule has 0 aliphatic heterocycles. The summed E-state index contributed by atoms with van der Waals surface area (Å²) in [5.74, 6) is -2.29. The second kappa shape index (κ2) is 7.47.